The Morgan fingerprint density at radius 1 is 1.06 bits per heavy atom. The zero-order valence-corrected chi connectivity index (χ0v) is 23.0. The quantitative estimate of drug-likeness (QED) is 0.258. The number of hydrogen-bond acceptors (Lipinski definition) is 4. The minimum Gasteiger partial charge on any atom is -0.383 e. The number of halogens is 1. The minimum atomic E-state index is 0. The van der Waals surface area contributed by atoms with Crippen LogP contribution in [0.4, 0.5) is 0 Å². The minimum absolute atomic E-state index is 0. The van der Waals surface area contributed by atoms with Gasteiger partial charge < -0.3 is 15.4 Å². The number of hydrogen-bond donors (Lipinski definition) is 2. The van der Waals surface area contributed by atoms with Crippen LogP contribution in [0.2, 0.25) is 0 Å². The number of benzene rings is 1. The van der Waals surface area contributed by atoms with Gasteiger partial charge in [0.15, 0.2) is 5.96 Å². The molecule has 184 valence electrons. The number of aromatic nitrogens is 2. The predicted octanol–water partition coefficient (Wildman–Crippen LogP) is 4.01. The zero-order valence-electron chi connectivity index (χ0n) is 20.7. The van der Waals surface area contributed by atoms with E-state index < -0.39 is 0 Å². The van der Waals surface area contributed by atoms with E-state index in [-0.39, 0.29) is 24.0 Å². The number of nitrogens with one attached hydrogen (secondary N) is 2. The van der Waals surface area contributed by atoms with Gasteiger partial charge in [0.1, 0.15) is 0 Å². The molecule has 1 aromatic carbocycles. The van der Waals surface area contributed by atoms with E-state index in [2.05, 4.69) is 65.7 Å². The monoisotopic (exact) mass is 568 g/mol. The fourth-order valence-corrected chi connectivity index (χ4v) is 4.20. The van der Waals surface area contributed by atoms with Gasteiger partial charge in [0, 0.05) is 38.0 Å². The van der Waals surface area contributed by atoms with Crippen LogP contribution in [0.1, 0.15) is 54.3 Å². The molecule has 33 heavy (non-hydrogen) atoms. The summed E-state index contributed by atoms with van der Waals surface area (Å²) < 4.78 is 7.21. The van der Waals surface area contributed by atoms with Crippen molar-refractivity contribution in [1.29, 1.82) is 0 Å². The van der Waals surface area contributed by atoms with Crippen LogP contribution in [0.15, 0.2) is 29.3 Å². The van der Waals surface area contributed by atoms with E-state index >= 15 is 0 Å². The van der Waals surface area contributed by atoms with Gasteiger partial charge in [-0.15, -0.1) is 24.0 Å². The zero-order chi connectivity index (χ0) is 22.8. The summed E-state index contributed by atoms with van der Waals surface area (Å²) in [6.07, 6.45) is 4.05. The van der Waals surface area contributed by atoms with Crippen LogP contribution in [0.5, 0.6) is 0 Å². The van der Waals surface area contributed by atoms with Crippen molar-refractivity contribution in [1.82, 2.24) is 25.3 Å². The number of aryl methyl sites for hydroxylation is 1. The number of aliphatic imine (C=N–C) groups is 1. The Labute approximate surface area is 216 Å². The molecule has 0 atom stereocenters. The highest BCUT2D eigenvalue weighted by molar-refractivity contribution is 14.0. The van der Waals surface area contributed by atoms with Crippen LogP contribution in [0.25, 0.3) is 0 Å². The maximum absolute atomic E-state index is 5.19. The van der Waals surface area contributed by atoms with Crippen LogP contribution >= 0.6 is 24.0 Å². The molecule has 2 aromatic rings. The second-order valence-electron chi connectivity index (χ2n) is 8.57. The summed E-state index contributed by atoms with van der Waals surface area (Å²) in [4.78, 5) is 7.36. The summed E-state index contributed by atoms with van der Waals surface area (Å²) in [5, 5.41) is 11.5. The smallest absolute Gasteiger partial charge is 0.191 e. The van der Waals surface area contributed by atoms with E-state index in [0.717, 1.165) is 31.3 Å². The highest BCUT2D eigenvalue weighted by Crippen LogP contribution is 2.15. The lowest BCUT2D eigenvalue weighted by Gasteiger charge is -2.26. The van der Waals surface area contributed by atoms with Crippen molar-refractivity contribution in [2.75, 3.05) is 33.4 Å². The van der Waals surface area contributed by atoms with Gasteiger partial charge in [-0.25, -0.2) is 4.99 Å². The third-order valence-electron chi connectivity index (χ3n) is 6.11. The maximum Gasteiger partial charge on any atom is 0.191 e. The summed E-state index contributed by atoms with van der Waals surface area (Å²) in [6.45, 7) is 13.4. The summed E-state index contributed by atoms with van der Waals surface area (Å²) in [5.41, 5.74) is 6.05. The number of likely N-dealkylation sites (tertiary alicyclic amines) is 1. The standard InChI is InChI=1S/C25H40N6O.HI/c1-5-26-25(28-18-24-20(2)29-31(21(24)3)15-16-32-4)27-17-22-9-11-23(12-10-22)19-30-13-7-6-8-14-30;/h9-12H,5-8,13-19H2,1-4H3,(H2,26,27,28);1H. The van der Waals surface area contributed by atoms with Gasteiger partial charge in [-0.05, 0) is 57.8 Å². The second-order valence-corrected chi connectivity index (χ2v) is 8.57. The van der Waals surface area contributed by atoms with Crippen LogP contribution in [0.3, 0.4) is 0 Å². The molecule has 1 saturated heterocycles. The number of ether oxygens (including phenoxy) is 1. The van der Waals surface area contributed by atoms with Gasteiger partial charge >= 0.3 is 0 Å². The highest BCUT2D eigenvalue weighted by atomic mass is 127. The molecule has 1 fully saturated rings. The van der Waals surface area contributed by atoms with Crippen molar-refractivity contribution in [2.24, 2.45) is 4.99 Å². The van der Waals surface area contributed by atoms with Gasteiger partial charge in [-0.2, -0.15) is 5.10 Å². The molecule has 7 nitrogen and oxygen atoms in total. The van der Waals surface area contributed by atoms with E-state index in [1.165, 1.54) is 54.7 Å². The first kappa shape index (κ1) is 27.6. The second kappa shape index (κ2) is 14.6. The van der Waals surface area contributed by atoms with Crippen LogP contribution in [0, 0.1) is 13.8 Å². The molecule has 1 aliphatic heterocycles. The van der Waals surface area contributed by atoms with Crippen molar-refractivity contribution in [3.05, 3.63) is 52.3 Å². The molecular formula is C25H41IN6O. The van der Waals surface area contributed by atoms with Crippen molar-refractivity contribution < 1.29 is 4.74 Å². The molecule has 2 heterocycles. The first-order chi connectivity index (χ1) is 15.6. The lowest BCUT2D eigenvalue weighted by molar-refractivity contribution is 0.182. The molecule has 1 aliphatic rings. The molecular weight excluding hydrogens is 527 g/mol. The summed E-state index contributed by atoms with van der Waals surface area (Å²) in [6, 6.07) is 8.92. The average Bonchev–Trinajstić information content (AvgIpc) is 3.08. The van der Waals surface area contributed by atoms with Gasteiger partial charge in [-0.1, -0.05) is 30.7 Å². The third kappa shape index (κ3) is 8.57. The van der Waals surface area contributed by atoms with Gasteiger partial charge in [-0.3, -0.25) is 9.58 Å². The van der Waals surface area contributed by atoms with Gasteiger partial charge in [0.05, 0.1) is 25.4 Å². The summed E-state index contributed by atoms with van der Waals surface area (Å²) >= 11 is 0. The van der Waals surface area contributed by atoms with E-state index in [4.69, 9.17) is 9.73 Å². The largest absolute Gasteiger partial charge is 0.383 e. The number of nitrogens with zero attached hydrogens (tertiary/aromatic N) is 4. The topological polar surface area (TPSA) is 66.7 Å². The Kier molecular flexibility index (Phi) is 12.2. The Morgan fingerprint density at radius 3 is 2.42 bits per heavy atom. The SMILES string of the molecule is CCNC(=NCc1ccc(CN2CCCCC2)cc1)NCc1c(C)nn(CCOC)c1C.I. The molecule has 0 unspecified atom stereocenters. The number of rotatable bonds is 10. The Bertz CT molecular complexity index is 859. The van der Waals surface area contributed by atoms with Crippen molar-refractivity contribution in [3.8, 4) is 0 Å². The van der Waals surface area contributed by atoms with E-state index in [1.54, 1.807) is 7.11 Å². The molecule has 8 heteroatoms. The Morgan fingerprint density at radius 2 is 1.76 bits per heavy atom. The highest BCUT2D eigenvalue weighted by Gasteiger charge is 2.12. The lowest BCUT2D eigenvalue weighted by atomic mass is 10.1. The maximum atomic E-state index is 5.19. The summed E-state index contributed by atoms with van der Waals surface area (Å²) in [5.74, 6) is 0.827. The Hall–Kier alpha value is -1.65. The van der Waals surface area contributed by atoms with Crippen LogP contribution in [-0.2, 0) is 30.9 Å². The van der Waals surface area contributed by atoms with Gasteiger partial charge in [0.2, 0.25) is 0 Å². The summed E-state index contributed by atoms with van der Waals surface area (Å²) in [7, 11) is 1.72. The first-order valence-electron chi connectivity index (χ1n) is 11.9. The number of guanidine groups is 1. The molecule has 3 rings (SSSR count). The Balaban J connectivity index is 0.00000385. The molecule has 0 bridgehead atoms. The molecule has 0 aliphatic carbocycles. The average molecular weight is 569 g/mol. The number of methoxy groups -OCH3 is 1. The van der Waals surface area contributed by atoms with E-state index in [1.807, 2.05) is 4.68 Å². The van der Waals surface area contributed by atoms with Crippen LogP contribution in [-0.4, -0.2) is 54.0 Å². The lowest BCUT2D eigenvalue weighted by Crippen LogP contribution is -2.37. The fourth-order valence-electron chi connectivity index (χ4n) is 4.20. The fraction of sp³-hybridized carbons (Fsp3) is 0.600. The van der Waals surface area contributed by atoms with Crippen LogP contribution < -0.4 is 10.6 Å². The molecule has 2 N–H and O–H groups in total. The molecule has 0 saturated carbocycles. The first-order valence-corrected chi connectivity index (χ1v) is 11.9. The van der Waals surface area contributed by atoms with Gasteiger partial charge in [0.25, 0.3) is 0 Å². The van der Waals surface area contributed by atoms with E-state index in [0.29, 0.717) is 19.7 Å². The molecule has 0 spiro atoms. The van der Waals surface area contributed by atoms with Crippen molar-refractivity contribution in [3.63, 3.8) is 0 Å². The van der Waals surface area contributed by atoms with Crippen molar-refractivity contribution >= 4 is 29.9 Å². The normalized spacial score (nSPS) is 14.7. The molecule has 0 amide bonds. The predicted molar refractivity (Wildman–Crippen MR) is 146 cm³/mol. The van der Waals surface area contributed by atoms with E-state index in [9.17, 15) is 0 Å². The third-order valence-corrected chi connectivity index (χ3v) is 6.11. The number of piperidine rings is 1. The molecule has 1 aromatic heterocycles. The van der Waals surface area contributed by atoms with Crippen molar-refractivity contribution in [2.45, 2.75) is 66.2 Å². The molecule has 0 radical (unpaired) electrons.